The van der Waals surface area contributed by atoms with E-state index in [9.17, 15) is 9.90 Å². The third kappa shape index (κ3) is 3.68. The van der Waals surface area contributed by atoms with Gasteiger partial charge in [0.25, 0.3) is 0 Å². The molecule has 5 aliphatic carbocycles. The van der Waals surface area contributed by atoms with Gasteiger partial charge in [-0.25, -0.2) is 0 Å². The van der Waals surface area contributed by atoms with Crippen LogP contribution >= 0.6 is 0 Å². The molecule has 9 atom stereocenters. The van der Waals surface area contributed by atoms with Crippen LogP contribution in [0.25, 0.3) is 0 Å². The summed E-state index contributed by atoms with van der Waals surface area (Å²) in [5.74, 6) is 2.83. The molecule has 4 heteroatoms. The predicted octanol–water partition coefficient (Wildman–Crippen LogP) is 9.28. The van der Waals surface area contributed by atoms with Gasteiger partial charge >= 0.3 is 5.97 Å². The summed E-state index contributed by atoms with van der Waals surface area (Å²) in [7, 11) is 0. The number of para-hydroxylation sites is 1. The lowest BCUT2D eigenvalue weighted by Gasteiger charge is -2.72. The van der Waals surface area contributed by atoms with Gasteiger partial charge in [-0.2, -0.15) is 5.10 Å². The number of nitrogens with one attached hydrogen (secondary N) is 1. The Balaban J connectivity index is 1.32. The van der Waals surface area contributed by atoms with Gasteiger partial charge < -0.3 is 5.11 Å². The molecule has 220 valence electrons. The summed E-state index contributed by atoms with van der Waals surface area (Å²) in [4.78, 5) is 12.9. The zero-order chi connectivity index (χ0) is 28.7. The monoisotopic (exact) mass is 546 g/mol. The average Bonchev–Trinajstić information content (AvgIpc) is 3.31. The van der Waals surface area contributed by atoms with Crippen molar-refractivity contribution in [1.29, 1.82) is 0 Å². The summed E-state index contributed by atoms with van der Waals surface area (Å²) in [6, 6.07) is 10.3. The van der Waals surface area contributed by atoms with Crippen LogP contribution in [-0.4, -0.2) is 16.8 Å². The molecular formula is C36H54N2O2. The Morgan fingerprint density at radius 3 is 2.27 bits per heavy atom. The number of carboxylic acids is 1. The van der Waals surface area contributed by atoms with Crippen LogP contribution in [0.15, 0.2) is 35.4 Å². The predicted molar refractivity (Wildman–Crippen MR) is 164 cm³/mol. The highest BCUT2D eigenvalue weighted by molar-refractivity contribution is 5.91. The molecule has 0 radical (unpaired) electrons. The summed E-state index contributed by atoms with van der Waals surface area (Å²) < 4.78 is 0. The number of benzene rings is 1. The zero-order valence-corrected chi connectivity index (χ0v) is 26.2. The number of nitrogens with zero attached hydrogens (tertiary/aromatic N) is 1. The Bertz CT molecular complexity index is 1170. The van der Waals surface area contributed by atoms with Crippen molar-refractivity contribution < 1.29 is 9.90 Å². The maximum atomic E-state index is 12.9. The van der Waals surface area contributed by atoms with Crippen molar-refractivity contribution in [3.8, 4) is 0 Å². The Morgan fingerprint density at radius 2 is 1.60 bits per heavy atom. The topological polar surface area (TPSA) is 61.7 Å². The molecule has 6 rings (SSSR count). The first-order valence-electron chi connectivity index (χ1n) is 16.4. The minimum Gasteiger partial charge on any atom is -0.481 e. The highest BCUT2D eigenvalue weighted by atomic mass is 16.4. The molecule has 5 saturated carbocycles. The van der Waals surface area contributed by atoms with Gasteiger partial charge in [0.1, 0.15) is 0 Å². The molecule has 0 heterocycles. The van der Waals surface area contributed by atoms with Crippen LogP contribution in [0.4, 0.5) is 5.69 Å². The van der Waals surface area contributed by atoms with E-state index in [1.165, 1.54) is 37.8 Å². The molecule has 5 fully saturated rings. The number of hydrazone groups is 1. The van der Waals surface area contributed by atoms with Gasteiger partial charge in [0.2, 0.25) is 0 Å². The molecule has 0 aliphatic heterocycles. The standard InChI is InChI=1S/C36H54N2O2/c1-23(2)25-15-20-36(31(39)40)22-21-34(6)26(30(25)36)13-14-28-33(5)18-17-29(38-37-24-11-9-8-10-12-24)32(3,4)27(33)16-19-35(28,34)7/h8-12,23,25-28,30,37H,13-22H2,1-7H3,(H,39,40)/b38-29+/t25-,26+,27-,28+,30+,33-,34+,35+,36?/m0/s1. The van der Waals surface area contributed by atoms with Crippen LogP contribution in [0.1, 0.15) is 113 Å². The Kier molecular flexibility index (Phi) is 6.60. The second-order valence-electron chi connectivity index (χ2n) is 16.4. The molecule has 0 amide bonds. The number of carbonyl (C=O) groups is 1. The van der Waals surface area contributed by atoms with Crippen molar-refractivity contribution in [3.05, 3.63) is 30.3 Å². The van der Waals surface area contributed by atoms with E-state index in [-0.39, 0.29) is 16.2 Å². The number of hydrogen-bond donors (Lipinski definition) is 2. The fraction of sp³-hybridized carbons (Fsp3) is 0.778. The molecule has 0 spiro atoms. The van der Waals surface area contributed by atoms with Crippen molar-refractivity contribution in [2.75, 3.05) is 5.43 Å². The molecule has 40 heavy (non-hydrogen) atoms. The highest BCUT2D eigenvalue weighted by Gasteiger charge is 2.72. The molecule has 4 nitrogen and oxygen atoms in total. The minimum atomic E-state index is -0.490. The summed E-state index contributed by atoms with van der Waals surface area (Å²) in [6.07, 6.45) is 11.3. The number of anilines is 1. The van der Waals surface area contributed by atoms with Gasteiger partial charge in [0, 0.05) is 11.1 Å². The number of carboxylic acid groups (broad SMARTS) is 1. The summed E-state index contributed by atoms with van der Waals surface area (Å²) in [5, 5.41) is 15.7. The third-order valence-electron chi connectivity index (χ3n) is 14.6. The normalized spacial score (nSPS) is 46.7. The van der Waals surface area contributed by atoms with Crippen LogP contribution in [-0.2, 0) is 4.79 Å². The summed E-state index contributed by atoms with van der Waals surface area (Å²) in [5.41, 5.74) is 6.13. The number of rotatable bonds is 4. The number of hydrogen-bond acceptors (Lipinski definition) is 3. The second-order valence-corrected chi connectivity index (χ2v) is 16.4. The minimum absolute atomic E-state index is 0.0626. The first-order valence-corrected chi connectivity index (χ1v) is 16.4. The Morgan fingerprint density at radius 1 is 0.875 bits per heavy atom. The van der Waals surface area contributed by atoms with Gasteiger partial charge in [-0.05, 0) is 128 Å². The van der Waals surface area contributed by atoms with Crippen molar-refractivity contribution in [2.45, 2.75) is 113 Å². The molecule has 0 saturated heterocycles. The Labute approximate surface area is 243 Å². The molecule has 0 bridgehead atoms. The molecule has 5 aliphatic rings. The smallest absolute Gasteiger partial charge is 0.309 e. The van der Waals surface area contributed by atoms with Gasteiger partial charge in [-0.3, -0.25) is 10.2 Å². The van der Waals surface area contributed by atoms with E-state index in [2.05, 4.69) is 78.2 Å². The lowest BCUT2D eigenvalue weighted by atomic mass is 9.32. The van der Waals surface area contributed by atoms with E-state index in [0.717, 1.165) is 37.8 Å². The van der Waals surface area contributed by atoms with Crippen LogP contribution in [0, 0.1) is 62.6 Å². The Hall–Kier alpha value is -1.84. The van der Waals surface area contributed by atoms with E-state index < -0.39 is 11.4 Å². The molecular weight excluding hydrogens is 492 g/mol. The van der Waals surface area contributed by atoms with E-state index in [1.54, 1.807) is 0 Å². The largest absolute Gasteiger partial charge is 0.481 e. The zero-order valence-electron chi connectivity index (χ0n) is 26.2. The summed E-state index contributed by atoms with van der Waals surface area (Å²) in [6.45, 7) is 17.6. The first-order chi connectivity index (χ1) is 18.8. The van der Waals surface area contributed by atoms with E-state index in [1.807, 2.05) is 6.07 Å². The van der Waals surface area contributed by atoms with Crippen molar-refractivity contribution in [1.82, 2.24) is 0 Å². The average molecular weight is 547 g/mol. The van der Waals surface area contributed by atoms with Crippen LogP contribution in [0.2, 0.25) is 0 Å². The van der Waals surface area contributed by atoms with Gasteiger partial charge in [-0.1, -0.05) is 66.7 Å². The second kappa shape index (κ2) is 9.33. The van der Waals surface area contributed by atoms with Crippen molar-refractivity contribution in [3.63, 3.8) is 0 Å². The van der Waals surface area contributed by atoms with E-state index in [0.29, 0.717) is 40.9 Å². The van der Waals surface area contributed by atoms with E-state index >= 15 is 0 Å². The molecule has 1 aromatic carbocycles. The number of fused-ring (bicyclic) bond motifs is 7. The van der Waals surface area contributed by atoms with Gasteiger partial charge in [0.15, 0.2) is 0 Å². The maximum Gasteiger partial charge on any atom is 0.309 e. The molecule has 1 aromatic rings. The van der Waals surface area contributed by atoms with Crippen LogP contribution < -0.4 is 5.43 Å². The van der Waals surface area contributed by atoms with E-state index in [4.69, 9.17) is 5.10 Å². The maximum absolute atomic E-state index is 12.9. The van der Waals surface area contributed by atoms with Crippen LogP contribution in [0.3, 0.4) is 0 Å². The van der Waals surface area contributed by atoms with Crippen LogP contribution in [0.5, 0.6) is 0 Å². The van der Waals surface area contributed by atoms with Gasteiger partial charge in [0.05, 0.1) is 11.1 Å². The molecule has 2 N–H and O–H groups in total. The highest BCUT2D eigenvalue weighted by Crippen LogP contribution is 2.77. The van der Waals surface area contributed by atoms with Crippen molar-refractivity contribution >= 4 is 17.4 Å². The summed E-state index contributed by atoms with van der Waals surface area (Å²) >= 11 is 0. The van der Waals surface area contributed by atoms with Gasteiger partial charge in [-0.15, -0.1) is 0 Å². The SMILES string of the molecule is CC(C)[C@@H]1CCC2(C(=O)O)CC[C@]3(C)[C@H](CC[C@@H]4[C@@]5(C)CC/C(=N\Nc6ccccc6)C(C)(C)[C@@H]5CC[C@]43C)[C@@H]12. The molecule has 1 unspecified atom stereocenters. The number of aliphatic carboxylic acids is 1. The lowest BCUT2D eigenvalue weighted by molar-refractivity contribution is -0.232. The molecule has 0 aromatic heterocycles. The fourth-order valence-electron chi connectivity index (χ4n) is 12.4. The third-order valence-corrected chi connectivity index (χ3v) is 14.6. The van der Waals surface area contributed by atoms with Crippen molar-refractivity contribution in [2.24, 2.45) is 67.7 Å². The quantitative estimate of drug-likeness (QED) is 0.370. The fourth-order valence-corrected chi connectivity index (χ4v) is 12.4. The lowest BCUT2D eigenvalue weighted by Crippen LogP contribution is -2.66. The first kappa shape index (κ1) is 28.3.